The maximum Gasteiger partial charge on any atom is 0.338 e. The summed E-state index contributed by atoms with van der Waals surface area (Å²) in [5.74, 6) is 0.470. The molecule has 0 spiro atoms. The zero-order valence-corrected chi connectivity index (χ0v) is 24.2. The number of rotatable bonds is 9. The summed E-state index contributed by atoms with van der Waals surface area (Å²) in [6, 6.07) is 18.0. The second kappa shape index (κ2) is 12.4. The van der Waals surface area contributed by atoms with Crippen molar-refractivity contribution in [3.05, 3.63) is 77.4 Å². The van der Waals surface area contributed by atoms with E-state index in [2.05, 4.69) is 10.6 Å². The third-order valence-electron chi connectivity index (χ3n) is 7.03. The number of benzene rings is 3. The summed E-state index contributed by atoms with van der Waals surface area (Å²) in [5.41, 5.74) is 4.67. The molecule has 2 heterocycles. The Morgan fingerprint density at radius 1 is 0.929 bits per heavy atom. The summed E-state index contributed by atoms with van der Waals surface area (Å²) in [5, 5.41) is 6.32. The van der Waals surface area contributed by atoms with Crippen LogP contribution in [0.2, 0.25) is 0 Å². The maximum absolute atomic E-state index is 13.4. The molecule has 0 atom stereocenters. The third-order valence-corrected chi connectivity index (χ3v) is 7.03. The molecule has 0 saturated carbocycles. The molecule has 42 heavy (non-hydrogen) atoms. The summed E-state index contributed by atoms with van der Waals surface area (Å²) < 4.78 is 16.6. The number of anilines is 3. The van der Waals surface area contributed by atoms with Crippen LogP contribution in [0.3, 0.4) is 0 Å². The molecular formula is C32H34N4O6. The standard InChI is InChI=1S/C32H34N4O6/c1-5-40-32(39)21-6-12-24-25(18-21)34-31(38)29(24)30(20-7-13-26-27(19-20)42-17-16-41-26)33-22-8-10-23(11-9-22)36(4)28(37)14-15-35(2)3/h6-13,18-19,33H,5,14-17H2,1-4H3,(H,34,38)/b30-29-. The number of carbonyl (C=O) groups excluding carboxylic acids is 3. The van der Waals surface area contributed by atoms with Crippen molar-refractivity contribution in [2.24, 2.45) is 0 Å². The van der Waals surface area contributed by atoms with E-state index in [9.17, 15) is 14.4 Å². The summed E-state index contributed by atoms with van der Waals surface area (Å²) >= 11 is 0. The highest BCUT2D eigenvalue weighted by molar-refractivity contribution is 6.37. The molecule has 0 radical (unpaired) electrons. The Kier molecular flexibility index (Phi) is 8.44. The van der Waals surface area contributed by atoms with Crippen molar-refractivity contribution in [3.8, 4) is 11.5 Å². The molecule has 2 aliphatic rings. The van der Waals surface area contributed by atoms with Gasteiger partial charge in [0.25, 0.3) is 5.91 Å². The molecule has 3 aromatic rings. The largest absolute Gasteiger partial charge is 0.486 e. The molecule has 0 aromatic heterocycles. The fourth-order valence-corrected chi connectivity index (χ4v) is 4.78. The van der Waals surface area contributed by atoms with Crippen molar-refractivity contribution in [1.29, 1.82) is 0 Å². The Balaban J connectivity index is 1.51. The van der Waals surface area contributed by atoms with Gasteiger partial charge >= 0.3 is 5.97 Å². The predicted octanol–water partition coefficient (Wildman–Crippen LogP) is 4.48. The molecule has 0 aliphatic carbocycles. The lowest BCUT2D eigenvalue weighted by molar-refractivity contribution is -0.118. The molecule has 218 valence electrons. The topological polar surface area (TPSA) is 109 Å². The number of fused-ring (bicyclic) bond motifs is 2. The average molecular weight is 571 g/mol. The zero-order chi connectivity index (χ0) is 29.8. The van der Waals surface area contributed by atoms with E-state index in [1.54, 1.807) is 37.1 Å². The minimum absolute atomic E-state index is 0.0184. The van der Waals surface area contributed by atoms with Crippen LogP contribution in [0.15, 0.2) is 60.7 Å². The van der Waals surface area contributed by atoms with E-state index in [-0.39, 0.29) is 18.4 Å². The molecule has 10 heteroatoms. The van der Waals surface area contributed by atoms with Gasteiger partial charge in [-0.2, -0.15) is 0 Å². The number of amides is 2. The SMILES string of the molecule is CCOC(=O)c1ccc2c(c1)NC(=O)/C2=C(\Nc1ccc(N(C)C(=O)CCN(C)C)cc1)c1ccc2c(c1)OCCO2. The lowest BCUT2D eigenvalue weighted by Crippen LogP contribution is -2.29. The number of esters is 1. The second-order valence-electron chi connectivity index (χ2n) is 10.2. The fourth-order valence-electron chi connectivity index (χ4n) is 4.78. The molecule has 0 bridgehead atoms. The predicted molar refractivity (Wildman–Crippen MR) is 162 cm³/mol. The van der Waals surface area contributed by atoms with Gasteiger partial charge < -0.3 is 34.6 Å². The summed E-state index contributed by atoms with van der Waals surface area (Å²) in [6.07, 6.45) is 0.413. The number of carbonyl (C=O) groups is 3. The van der Waals surface area contributed by atoms with Crippen LogP contribution in [0.1, 0.15) is 34.8 Å². The fraction of sp³-hybridized carbons (Fsp3) is 0.281. The van der Waals surface area contributed by atoms with Gasteiger partial charge in [-0.15, -0.1) is 0 Å². The van der Waals surface area contributed by atoms with E-state index in [1.807, 2.05) is 61.5 Å². The van der Waals surface area contributed by atoms with Crippen molar-refractivity contribution in [1.82, 2.24) is 4.90 Å². The molecule has 0 fully saturated rings. The summed E-state index contributed by atoms with van der Waals surface area (Å²) in [6.45, 7) is 3.56. The van der Waals surface area contributed by atoms with Crippen LogP contribution in [0.4, 0.5) is 17.1 Å². The van der Waals surface area contributed by atoms with Gasteiger partial charge in [0.1, 0.15) is 13.2 Å². The van der Waals surface area contributed by atoms with E-state index >= 15 is 0 Å². The van der Waals surface area contributed by atoms with Gasteiger partial charge in [0.05, 0.1) is 29.1 Å². The quantitative estimate of drug-likeness (QED) is 0.286. The van der Waals surface area contributed by atoms with Crippen molar-refractivity contribution >= 4 is 46.1 Å². The Labute approximate surface area is 244 Å². The molecular weight excluding hydrogens is 536 g/mol. The first-order valence-corrected chi connectivity index (χ1v) is 13.8. The maximum atomic E-state index is 13.4. The first-order valence-electron chi connectivity index (χ1n) is 13.8. The van der Waals surface area contributed by atoms with Gasteiger partial charge in [0.2, 0.25) is 5.91 Å². The lowest BCUT2D eigenvalue weighted by Gasteiger charge is -2.21. The molecule has 3 aromatic carbocycles. The smallest absolute Gasteiger partial charge is 0.338 e. The number of hydrogen-bond donors (Lipinski definition) is 2. The van der Waals surface area contributed by atoms with Crippen LogP contribution in [0.25, 0.3) is 11.3 Å². The molecule has 0 saturated heterocycles. The molecule has 2 aliphatic heterocycles. The zero-order valence-electron chi connectivity index (χ0n) is 24.2. The van der Waals surface area contributed by atoms with Gasteiger partial charge in [0.15, 0.2) is 11.5 Å². The van der Waals surface area contributed by atoms with E-state index in [1.165, 1.54) is 0 Å². The van der Waals surface area contributed by atoms with Crippen LogP contribution in [0.5, 0.6) is 11.5 Å². The van der Waals surface area contributed by atoms with Crippen LogP contribution in [-0.4, -0.2) is 70.2 Å². The first-order chi connectivity index (χ1) is 20.2. The summed E-state index contributed by atoms with van der Waals surface area (Å²) in [7, 11) is 5.63. The normalized spacial score (nSPS) is 14.6. The van der Waals surface area contributed by atoms with Gasteiger partial charge in [-0.1, -0.05) is 6.07 Å². The van der Waals surface area contributed by atoms with Crippen LogP contribution in [0, 0.1) is 0 Å². The van der Waals surface area contributed by atoms with E-state index in [0.29, 0.717) is 71.3 Å². The molecule has 0 unspecified atom stereocenters. The van der Waals surface area contributed by atoms with Gasteiger partial charge in [-0.25, -0.2) is 4.79 Å². The Morgan fingerprint density at radius 2 is 1.64 bits per heavy atom. The van der Waals surface area contributed by atoms with Crippen molar-refractivity contribution in [3.63, 3.8) is 0 Å². The Bertz CT molecular complexity index is 1550. The van der Waals surface area contributed by atoms with Gasteiger partial charge in [-0.05, 0) is 75.6 Å². The van der Waals surface area contributed by atoms with Crippen LogP contribution in [-0.2, 0) is 14.3 Å². The summed E-state index contributed by atoms with van der Waals surface area (Å²) in [4.78, 5) is 42.0. The molecule has 10 nitrogen and oxygen atoms in total. The molecule has 2 N–H and O–H groups in total. The number of nitrogens with one attached hydrogen (secondary N) is 2. The highest BCUT2D eigenvalue weighted by atomic mass is 16.6. The van der Waals surface area contributed by atoms with E-state index in [4.69, 9.17) is 14.2 Å². The first kappa shape index (κ1) is 28.7. The van der Waals surface area contributed by atoms with E-state index in [0.717, 1.165) is 11.4 Å². The number of ether oxygens (including phenoxy) is 3. The lowest BCUT2D eigenvalue weighted by atomic mass is 9.98. The minimum Gasteiger partial charge on any atom is -0.486 e. The molecule has 5 rings (SSSR count). The number of hydrogen-bond acceptors (Lipinski definition) is 8. The highest BCUT2D eigenvalue weighted by Gasteiger charge is 2.30. The minimum atomic E-state index is -0.456. The van der Waals surface area contributed by atoms with Crippen LogP contribution >= 0.6 is 0 Å². The van der Waals surface area contributed by atoms with Gasteiger partial charge in [0, 0.05) is 42.5 Å². The third kappa shape index (κ3) is 6.08. The van der Waals surface area contributed by atoms with E-state index < -0.39 is 5.97 Å². The Hall–Kier alpha value is -4.83. The second-order valence-corrected chi connectivity index (χ2v) is 10.2. The van der Waals surface area contributed by atoms with Gasteiger partial charge in [-0.3, -0.25) is 9.59 Å². The van der Waals surface area contributed by atoms with Crippen molar-refractivity contribution < 1.29 is 28.6 Å². The average Bonchev–Trinajstić information content (AvgIpc) is 3.33. The van der Waals surface area contributed by atoms with Crippen LogP contribution < -0.4 is 25.0 Å². The molecule has 2 amide bonds. The monoisotopic (exact) mass is 570 g/mol. The highest BCUT2D eigenvalue weighted by Crippen LogP contribution is 2.40. The van der Waals surface area contributed by atoms with Crippen molar-refractivity contribution in [2.45, 2.75) is 13.3 Å². The van der Waals surface area contributed by atoms with Crippen molar-refractivity contribution in [2.75, 3.05) is 63.0 Å². The number of nitrogens with zero attached hydrogens (tertiary/aromatic N) is 2. The Morgan fingerprint density at radius 3 is 2.36 bits per heavy atom.